The molecule has 4 heteroatoms. The van der Waals surface area contributed by atoms with Crippen LogP contribution in [0.2, 0.25) is 10.0 Å². The van der Waals surface area contributed by atoms with E-state index in [4.69, 9.17) is 23.2 Å². The summed E-state index contributed by atoms with van der Waals surface area (Å²) in [5.74, 6) is -0.518. The Balaban J connectivity index is 3.20. The molecule has 0 amide bonds. The Bertz CT molecular complexity index is 316. The molecule has 14 heavy (non-hydrogen) atoms. The van der Waals surface area contributed by atoms with Crippen LogP contribution in [0.1, 0.15) is 25.5 Å². The molecular formula is C10H11Cl2FO. The summed E-state index contributed by atoms with van der Waals surface area (Å²) in [6, 6.07) is 2.29. The van der Waals surface area contributed by atoms with Crippen molar-refractivity contribution in [3.05, 3.63) is 33.6 Å². The highest BCUT2D eigenvalue weighted by Crippen LogP contribution is 2.34. The van der Waals surface area contributed by atoms with Crippen molar-refractivity contribution in [2.24, 2.45) is 5.92 Å². The van der Waals surface area contributed by atoms with Gasteiger partial charge in [0, 0.05) is 5.56 Å². The van der Waals surface area contributed by atoms with Crippen LogP contribution in [-0.4, -0.2) is 5.11 Å². The number of benzene rings is 1. The molecule has 78 valence electrons. The molecule has 0 heterocycles. The molecule has 0 saturated heterocycles. The molecule has 0 aromatic heterocycles. The van der Waals surface area contributed by atoms with Crippen LogP contribution in [0.4, 0.5) is 4.39 Å². The Hall–Kier alpha value is -0.310. The Kier molecular flexibility index (Phi) is 3.76. The largest absolute Gasteiger partial charge is 0.388 e. The maximum absolute atomic E-state index is 12.8. The molecule has 0 aliphatic rings. The van der Waals surface area contributed by atoms with E-state index >= 15 is 0 Å². The zero-order valence-corrected chi connectivity index (χ0v) is 9.40. The molecule has 0 saturated carbocycles. The fourth-order valence-electron chi connectivity index (χ4n) is 1.17. The van der Waals surface area contributed by atoms with Gasteiger partial charge in [0.15, 0.2) is 0 Å². The number of aliphatic hydroxyl groups excluding tert-OH is 1. The van der Waals surface area contributed by atoms with E-state index < -0.39 is 11.9 Å². The molecule has 1 nitrogen and oxygen atoms in total. The third-order valence-corrected chi connectivity index (χ3v) is 2.60. The Morgan fingerprint density at radius 2 is 1.64 bits per heavy atom. The second kappa shape index (κ2) is 4.47. The molecule has 1 aromatic rings. The lowest BCUT2D eigenvalue weighted by Gasteiger charge is -2.17. The van der Waals surface area contributed by atoms with Gasteiger partial charge < -0.3 is 5.11 Å². The molecule has 1 atom stereocenters. The summed E-state index contributed by atoms with van der Waals surface area (Å²) in [4.78, 5) is 0. The van der Waals surface area contributed by atoms with Gasteiger partial charge in [-0.15, -0.1) is 0 Å². The first-order chi connectivity index (χ1) is 6.43. The van der Waals surface area contributed by atoms with E-state index in [9.17, 15) is 9.50 Å². The molecule has 0 aliphatic heterocycles. The van der Waals surface area contributed by atoms with Gasteiger partial charge in [-0.2, -0.15) is 0 Å². The highest BCUT2D eigenvalue weighted by Gasteiger charge is 2.19. The normalized spacial score (nSPS) is 13.4. The first kappa shape index (κ1) is 11.8. The smallest absolute Gasteiger partial charge is 0.126 e. The number of hydrogen-bond donors (Lipinski definition) is 1. The first-order valence-corrected chi connectivity index (χ1v) is 5.01. The minimum Gasteiger partial charge on any atom is -0.388 e. The zero-order chi connectivity index (χ0) is 10.9. The summed E-state index contributed by atoms with van der Waals surface area (Å²) in [6.07, 6.45) is -0.768. The van der Waals surface area contributed by atoms with Crippen LogP contribution in [0.15, 0.2) is 12.1 Å². The summed E-state index contributed by atoms with van der Waals surface area (Å²) in [5, 5.41) is 10.1. The van der Waals surface area contributed by atoms with Crippen molar-refractivity contribution in [2.45, 2.75) is 20.0 Å². The van der Waals surface area contributed by atoms with Gasteiger partial charge in [0.2, 0.25) is 0 Å². The molecule has 1 unspecified atom stereocenters. The van der Waals surface area contributed by atoms with Crippen molar-refractivity contribution in [3.63, 3.8) is 0 Å². The topological polar surface area (TPSA) is 20.2 Å². The second-order valence-corrected chi connectivity index (χ2v) is 4.29. The third kappa shape index (κ3) is 2.38. The fraction of sp³-hybridized carbons (Fsp3) is 0.400. The second-order valence-electron chi connectivity index (χ2n) is 3.47. The zero-order valence-electron chi connectivity index (χ0n) is 7.89. The van der Waals surface area contributed by atoms with Crippen molar-refractivity contribution in [1.82, 2.24) is 0 Å². The number of rotatable bonds is 2. The standard InChI is InChI=1S/C10H11Cl2FO/c1-5(2)10(14)9-7(11)3-6(13)4-8(9)12/h3-5,10,14H,1-2H3. The Labute approximate surface area is 92.5 Å². The van der Waals surface area contributed by atoms with E-state index in [1.54, 1.807) is 0 Å². The highest BCUT2D eigenvalue weighted by atomic mass is 35.5. The van der Waals surface area contributed by atoms with Gasteiger partial charge in [-0.05, 0) is 18.1 Å². The van der Waals surface area contributed by atoms with Crippen molar-refractivity contribution in [1.29, 1.82) is 0 Å². The van der Waals surface area contributed by atoms with E-state index in [0.717, 1.165) is 12.1 Å². The fourth-order valence-corrected chi connectivity index (χ4v) is 1.85. The number of aliphatic hydroxyl groups is 1. The van der Waals surface area contributed by atoms with E-state index in [-0.39, 0.29) is 16.0 Å². The van der Waals surface area contributed by atoms with Gasteiger partial charge in [0.1, 0.15) is 5.82 Å². The van der Waals surface area contributed by atoms with Crippen molar-refractivity contribution < 1.29 is 9.50 Å². The summed E-state index contributed by atoms with van der Waals surface area (Å²) >= 11 is 11.6. The van der Waals surface area contributed by atoms with Crippen LogP contribution in [0, 0.1) is 11.7 Å². The minimum atomic E-state index is -0.768. The molecule has 0 fully saturated rings. The first-order valence-electron chi connectivity index (χ1n) is 4.26. The molecule has 0 bridgehead atoms. The SMILES string of the molecule is CC(C)C(O)c1c(Cl)cc(F)cc1Cl. The van der Waals surface area contributed by atoms with E-state index in [1.807, 2.05) is 13.8 Å². The van der Waals surface area contributed by atoms with Gasteiger partial charge in [-0.3, -0.25) is 0 Å². The lowest BCUT2D eigenvalue weighted by atomic mass is 9.99. The van der Waals surface area contributed by atoms with Crippen LogP contribution < -0.4 is 0 Å². The van der Waals surface area contributed by atoms with Gasteiger partial charge in [0.25, 0.3) is 0 Å². The predicted octanol–water partition coefficient (Wildman–Crippen LogP) is 3.82. The molecule has 1 rings (SSSR count). The average Bonchev–Trinajstić information content (AvgIpc) is 2.01. The van der Waals surface area contributed by atoms with Gasteiger partial charge >= 0.3 is 0 Å². The van der Waals surface area contributed by atoms with Crippen LogP contribution in [0.3, 0.4) is 0 Å². The summed E-state index contributed by atoms with van der Waals surface area (Å²) in [5.41, 5.74) is 0.393. The van der Waals surface area contributed by atoms with Crippen molar-refractivity contribution >= 4 is 23.2 Å². The number of halogens is 3. The van der Waals surface area contributed by atoms with E-state index in [2.05, 4.69) is 0 Å². The quantitative estimate of drug-likeness (QED) is 0.828. The third-order valence-electron chi connectivity index (χ3n) is 1.97. The summed E-state index contributed by atoms with van der Waals surface area (Å²) in [7, 11) is 0. The van der Waals surface area contributed by atoms with Crippen molar-refractivity contribution in [2.75, 3.05) is 0 Å². The molecule has 1 aromatic carbocycles. The van der Waals surface area contributed by atoms with Gasteiger partial charge in [0.05, 0.1) is 16.1 Å². The Morgan fingerprint density at radius 3 is 2.00 bits per heavy atom. The summed E-state index contributed by atoms with van der Waals surface area (Å²) in [6.45, 7) is 3.67. The maximum Gasteiger partial charge on any atom is 0.126 e. The lowest BCUT2D eigenvalue weighted by Crippen LogP contribution is -2.07. The summed E-state index contributed by atoms with van der Waals surface area (Å²) < 4.78 is 12.8. The molecule has 1 N–H and O–H groups in total. The van der Waals surface area contributed by atoms with Crippen LogP contribution in [-0.2, 0) is 0 Å². The molecular weight excluding hydrogens is 226 g/mol. The van der Waals surface area contributed by atoms with Crippen molar-refractivity contribution in [3.8, 4) is 0 Å². The predicted molar refractivity (Wildman–Crippen MR) is 56.2 cm³/mol. The lowest BCUT2D eigenvalue weighted by molar-refractivity contribution is 0.127. The average molecular weight is 237 g/mol. The molecule has 0 spiro atoms. The molecule has 0 aliphatic carbocycles. The van der Waals surface area contributed by atoms with Crippen LogP contribution in [0.5, 0.6) is 0 Å². The highest BCUT2D eigenvalue weighted by molar-refractivity contribution is 6.36. The van der Waals surface area contributed by atoms with Gasteiger partial charge in [-0.1, -0.05) is 37.0 Å². The van der Waals surface area contributed by atoms with Gasteiger partial charge in [-0.25, -0.2) is 4.39 Å². The van der Waals surface area contributed by atoms with E-state index in [1.165, 1.54) is 0 Å². The molecule has 0 radical (unpaired) electrons. The number of hydrogen-bond acceptors (Lipinski definition) is 1. The minimum absolute atomic E-state index is 0.0181. The van der Waals surface area contributed by atoms with Crippen LogP contribution in [0.25, 0.3) is 0 Å². The maximum atomic E-state index is 12.8. The monoisotopic (exact) mass is 236 g/mol. The van der Waals surface area contributed by atoms with E-state index in [0.29, 0.717) is 5.56 Å². The Morgan fingerprint density at radius 1 is 1.21 bits per heavy atom. The van der Waals surface area contributed by atoms with Crippen LogP contribution >= 0.6 is 23.2 Å².